The number of hydrogen-bond donors (Lipinski definition) is 1. The summed E-state index contributed by atoms with van der Waals surface area (Å²) >= 11 is 0.913. The minimum atomic E-state index is -3.39. The van der Waals surface area contributed by atoms with Crippen molar-refractivity contribution in [2.45, 2.75) is 17.0 Å². The molecule has 0 aliphatic rings. The predicted molar refractivity (Wildman–Crippen MR) is 104 cm³/mol. The molecule has 3 aromatic rings. The van der Waals surface area contributed by atoms with Gasteiger partial charge in [0.1, 0.15) is 11.3 Å². The van der Waals surface area contributed by atoms with Gasteiger partial charge in [-0.3, -0.25) is 14.9 Å². The van der Waals surface area contributed by atoms with E-state index >= 15 is 0 Å². The fraction of sp³-hybridized carbons (Fsp3) is 0.176. The molecule has 0 unspecified atom stereocenters. The van der Waals surface area contributed by atoms with E-state index in [1.165, 1.54) is 25.1 Å². The quantitative estimate of drug-likeness (QED) is 0.336. The van der Waals surface area contributed by atoms with E-state index in [2.05, 4.69) is 10.3 Å². The molecular weight excluding hydrogens is 425 g/mol. The maximum Gasteiger partial charge on any atom is 0.271 e. The Bertz CT molecular complexity index is 1210. The van der Waals surface area contributed by atoms with Crippen molar-refractivity contribution in [2.75, 3.05) is 16.8 Å². The van der Waals surface area contributed by atoms with Crippen LogP contribution in [0.4, 0.5) is 15.8 Å². The molecule has 0 spiro atoms. The van der Waals surface area contributed by atoms with Crippen molar-refractivity contribution in [2.24, 2.45) is 0 Å². The van der Waals surface area contributed by atoms with Gasteiger partial charge in [-0.05, 0) is 24.3 Å². The van der Waals surface area contributed by atoms with E-state index in [1.54, 1.807) is 0 Å². The van der Waals surface area contributed by atoms with Gasteiger partial charge in [0.05, 0.1) is 27.0 Å². The van der Waals surface area contributed by atoms with Crippen LogP contribution in [0.2, 0.25) is 0 Å². The average Bonchev–Trinajstić information content (AvgIpc) is 3.10. The number of non-ortho nitro benzene ring substituents is 1. The number of oxazole rings is 1. The number of fused-ring (bicyclic) bond motifs is 1. The third-order valence-corrected chi connectivity index (χ3v) is 6.40. The molecule has 29 heavy (non-hydrogen) atoms. The first-order valence-corrected chi connectivity index (χ1v) is 10.8. The Labute approximate surface area is 168 Å². The topological polar surface area (TPSA) is 132 Å². The highest BCUT2D eigenvalue weighted by molar-refractivity contribution is 7.99. The fourth-order valence-electron chi connectivity index (χ4n) is 2.34. The molecule has 0 aliphatic heterocycles. The first-order chi connectivity index (χ1) is 13.7. The summed E-state index contributed by atoms with van der Waals surface area (Å²) in [5, 5.41) is 13.1. The Hall–Kier alpha value is -2.99. The highest BCUT2D eigenvalue weighted by Crippen LogP contribution is 2.26. The Kier molecular flexibility index (Phi) is 5.84. The number of halogens is 1. The summed E-state index contributed by atoms with van der Waals surface area (Å²) < 4.78 is 43.1. The third-order valence-electron chi connectivity index (χ3n) is 3.84. The number of rotatable bonds is 7. The van der Waals surface area contributed by atoms with Crippen molar-refractivity contribution in [1.29, 1.82) is 0 Å². The molecule has 12 heteroatoms. The van der Waals surface area contributed by atoms with Gasteiger partial charge in [0.2, 0.25) is 5.91 Å². The Morgan fingerprint density at radius 2 is 2.07 bits per heavy atom. The lowest BCUT2D eigenvalue weighted by atomic mass is 10.2. The van der Waals surface area contributed by atoms with Crippen LogP contribution in [0.1, 0.15) is 6.92 Å². The Balaban J connectivity index is 1.70. The minimum absolute atomic E-state index is 0.0493. The van der Waals surface area contributed by atoms with Gasteiger partial charge in [0.25, 0.3) is 10.9 Å². The second-order valence-corrected chi connectivity index (χ2v) is 8.98. The van der Waals surface area contributed by atoms with Gasteiger partial charge >= 0.3 is 0 Å². The number of benzene rings is 2. The molecule has 1 N–H and O–H groups in total. The second kappa shape index (κ2) is 8.17. The lowest BCUT2D eigenvalue weighted by Crippen LogP contribution is -2.15. The zero-order valence-corrected chi connectivity index (χ0v) is 16.5. The van der Waals surface area contributed by atoms with E-state index in [4.69, 9.17) is 4.42 Å². The van der Waals surface area contributed by atoms with E-state index in [-0.39, 0.29) is 33.0 Å². The molecular formula is C17H14FN3O6S2. The Morgan fingerprint density at radius 1 is 1.31 bits per heavy atom. The van der Waals surface area contributed by atoms with Crippen molar-refractivity contribution in [3.05, 3.63) is 52.3 Å². The number of thioether (sulfide) groups is 1. The number of nitrogens with zero attached hydrogens (tertiary/aromatic N) is 2. The normalized spacial score (nSPS) is 11.5. The Morgan fingerprint density at radius 3 is 2.76 bits per heavy atom. The lowest BCUT2D eigenvalue weighted by Gasteiger charge is -2.05. The number of amides is 1. The molecule has 0 bridgehead atoms. The number of hydrogen-bond acceptors (Lipinski definition) is 8. The number of nitro benzene ring substituents is 1. The summed E-state index contributed by atoms with van der Waals surface area (Å²) in [5.74, 6) is -1.67. The van der Waals surface area contributed by atoms with Crippen LogP contribution in [-0.4, -0.2) is 35.7 Å². The van der Waals surface area contributed by atoms with Crippen molar-refractivity contribution in [3.8, 4) is 0 Å². The summed E-state index contributed by atoms with van der Waals surface area (Å²) in [6, 6.07) is 7.09. The number of anilines is 1. The first kappa shape index (κ1) is 20.7. The van der Waals surface area contributed by atoms with Crippen LogP contribution < -0.4 is 5.32 Å². The van der Waals surface area contributed by atoms with Crippen molar-refractivity contribution in [1.82, 2.24) is 4.98 Å². The largest absolute Gasteiger partial charge is 0.431 e. The zero-order chi connectivity index (χ0) is 21.2. The van der Waals surface area contributed by atoms with Gasteiger partial charge < -0.3 is 9.73 Å². The van der Waals surface area contributed by atoms with Crippen LogP contribution in [0.25, 0.3) is 11.1 Å². The molecule has 0 fully saturated rings. The highest BCUT2D eigenvalue weighted by Gasteiger charge is 2.17. The van der Waals surface area contributed by atoms with Gasteiger partial charge in [0.15, 0.2) is 15.4 Å². The highest BCUT2D eigenvalue weighted by atomic mass is 32.2. The minimum Gasteiger partial charge on any atom is -0.431 e. The number of nitro groups is 1. The van der Waals surface area contributed by atoms with E-state index in [9.17, 15) is 27.7 Å². The molecule has 3 rings (SSSR count). The van der Waals surface area contributed by atoms with Crippen LogP contribution in [0, 0.1) is 15.9 Å². The lowest BCUT2D eigenvalue weighted by molar-refractivity contribution is -0.384. The number of nitrogens with one attached hydrogen (secondary N) is 1. The smallest absolute Gasteiger partial charge is 0.271 e. The van der Waals surface area contributed by atoms with Crippen molar-refractivity contribution in [3.63, 3.8) is 0 Å². The average molecular weight is 439 g/mol. The summed E-state index contributed by atoms with van der Waals surface area (Å²) in [7, 11) is -3.39. The monoisotopic (exact) mass is 439 g/mol. The molecule has 2 aromatic carbocycles. The van der Waals surface area contributed by atoms with Crippen molar-refractivity contribution < 1.29 is 26.9 Å². The zero-order valence-electron chi connectivity index (χ0n) is 14.9. The van der Waals surface area contributed by atoms with Crippen LogP contribution in [0.15, 0.2) is 50.9 Å². The molecule has 152 valence electrons. The number of carbonyl (C=O) groups is 1. The molecule has 0 aliphatic carbocycles. The second-order valence-electron chi connectivity index (χ2n) is 5.77. The van der Waals surface area contributed by atoms with Crippen LogP contribution >= 0.6 is 11.8 Å². The van der Waals surface area contributed by atoms with Crippen LogP contribution in [0.3, 0.4) is 0 Å². The maximum absolute atomic E-state index is 13.7. The van der Waals surface area contributed by atoms with E-state index in [0.29, 0.717) is 11.1 Å². The van der Waals surface area contributed by atoms with E-state index < -0.39 is 26.5 Å². The molecule has 0 atom stereocenters. The molecule has 0 radical (unpaired) electrons. The first-order valence-electron chi connectivity index (χ1n) is 8.19. The van der Waals surface area contributed by atoms with Gasteiger partial charge in [-0.15, -0.1) is 0 Å². The van der Waals surface area contributed by atoms with Crippen LogP contribution in [0.5, 0.6) is 0 Å². The van der Waals surface area contributed by atoms with Crippen molar-refractivity contribution >= 4 is 50.0 Å². The molecule has 9 nitrogen and oxygen atoms in total. The SMILES string of the molecule is CCS(=O)(=O)c1ccc2oc(SCC(=O)Nc3cc([N+](=O)[O-])ccc3F)nc2c1. The number of sulfone groups is 1. The molecule has 1 amide bonds. The summed E-state index contributed by atoms with van der Waals surface area (Å²) in [4.78, 5) is 26.4. The molecule has 1 aromatic heterocycles. The van der Waals surface area contributed by atoms with Gasteiger partial charge in [-0.2, -0.15) is 0 Å². The maximum atomic E-state index is 13.7. The van der Waals surface area contributed by atoms with Crippen LogP contribution in [-0.2, 0) is 14.6 Å². The summed E-state index contributed by atoms with van der Waals surface area (Å²) in [5.41, 5.74) is 0.0165. The van der Waals surface area contributed by atoms with Gasteiger partial charge in [0, 0.05) is 12.1 Å². The van der Waals surface area contributed by atoms with Gasteiger partial charge in [-0.25, -0.2) is 17.8 Å². The van der Waals surface area contributed by atoms with Gasteiger partial charge in [-0.1, -0.05) is 18.7 Å². The predicted octanol–water partition coefficient (Wildman–Crippen LogP) is 3.40. The molecule has 0 saturated heterocycles. The van der Waals surface area contributed by atoms with E-state index in [0.717, 1.165) is 30.0 Å². The number of aromatic nitrogens is 1. The van der Waals surface area contributed by atoms with E-state index in [1.807, 2.05) is 0 Å². The summed E-state index contributed by atoms with van der Waals surface area (Å²) in [6.45, 7) is 1.53. The number of carbonyl (C=O) groups excluding carboxylic acids is 1. The summed E-state index contributed by atoms with van der Waals surface area (Å²) in [6.07, 6.45) is 0. The third kappa shape index (κ3) is 4.71. The molecule has 1 heterocycles. The fourth-order valence-corrected chi connectivity index (χ4v) is 3.88. The standard InChI is InChI=1S/C17H14FN3O6S2/c1-2-29(25,26)11-4-6-15-14(8-11)20-17(27-15)28-9-16(22)19-13-7-10(21(23)24)3-5-12(13)18/h3-8H,2,9H2,1H3,(H,19,22). The molecule has 0 saturated carbocycles.